The minimum Gasteiger partial charge on any atom is -0.381 e. The Kier molecular flexibility index (Phi) is 6.23. The molecule has 0 radical (unpaired) electrons. The standard InChI is InChI=1S/C31H30N8O3/c1-17-13-33-31(35-26-12-18(2)38(3)37-26)36-27(17)22-14-32-28-20(22)6-5-9-25(28)39-15-23-21(30(39)41)7-4-8-24(23)34-29(40)19-10-11-42-16-19/h4-9,12-14,19,32H,10-11,15-16H2,1-3H3,(H,34,40)(H,33,35,36,37). The molecule has 0 saturated carbocycles. The van der Waals surface area contributed by atoms with E-state index < -0.39 is 0 Å². The van der Waals surface area contributed by atoms with Gasteiger partial charge >= 0.3 is 0 Å². The molecule has 2 aliphatic rings. The first-order valence-electron chi connectivity index (χ1n) is 13.9. The molecule has 11 nitrogen and oxygen atoms in total. The Bertz CT molecular complexity index is 1850. The smallest absolute Gasteiger partial charge is 0.259 e. The third-order valence-electron chi connectivity index (χ3n) is 8.09. The number of benzene rings is 2. The number of nitrogens with one attached hydrogen (secondary N) is 3. The van der Waals surface area contributed by atoms with Crippen molar-refractivity contribution in [1.82, 2.24) is 24.7 Å². The zero-order chi connectivity index (χ0) is 29.0. The average Bonchev–Trinajstić information content (AvgIpc) is 3.78. The van der Waals surface area contributed by atoms with E-state index in [1.165, 1.54) is 0 Å². The van der Waals surface area contributed by atoms with E-state index >= 15 is 0 Å². The minimum absolute atomic E-state index is 0.0739. The summed E-state index contributed by atoms with van der Waals surface area (Å²) >= 11 is 0. The lowest BCUT2D eigenvalue weighted by atomic mass is 10.1. The lowest BCUT2D eigenvalue weighted by Crippen LogP contribution is -2.24. The summed E-state index contributed by atoms with van der Waals surface area (Å²) < 4.78 is 7.17. The molecule has 3 N–H and O–H groups in total. The van der Waals surface area contributed by atoms with Gasteiger partial charge in [0.15, 0.2) is 5.82 Å². The summed E-state index contributed by atoms with van der Waals surface area (Å²) in [6.45, 7) is 5.32. The van der Waals surface area contributed by atoms with Gasteiger partial charge in [0.05, 0.1) is 36.0 Å². The number of H-pyrrole nitrogens is 1. The molecule has 1 saturated heterocycles. The number of aromatic nitrogens is 5. The highest BCUT2D eigenvalue weighted by molar-refractivity contribution is 6.15. The van der Waals surface area contributed by atoms with Gasteiger partial charge in [-0.15, -0.1) is 0 Å². The molecular weight excluding hydrogens is 532 g/mol. The van der Waals surface area contributed by atoms with Gasteiger partial charge in [0.25, 0.3) is 5.91 Å². The predicted molar refractivity (Wildman–Crippen MR) is 160 cm³/mol. The average molecular weight is 563 g/mol. The van der Waals surface area contributed by atoms with Crippen LogP contribution in [0.15, 0.2) is 54.9 Å². The minimum atomic E-state index is -0.172. The molecule has 42 heavy (non-hydrogen) atoms. The van der Waals surface area contributed by atoms with Crippen LogP contribution < -0.4 is 15.5 Å². The third kappa shape index (κ3) is 4.38. The fraction of sp³-hybridized carbons (Fsp3) is 0.258. The van der Waals surface area contributed by atoms with Crippen LogP contribution in [0.2, 0.25) is 0 Å². The van der Waals surface area contributed by atoms with Crippen molar-refractivity contribution in [3.63, 3.8) is 0 Å². The van der Waals surface area contributed by atoms with E-state index in [4.69, 9.17) is 9.72 Å². The molecule has 11 heteroatoms. The molecule has 5 aromatic rings. The van der Waals surface area contributed by atoms with Gasteiger partial charge < -0.3 is 25.3 Å². The maximum Gasteiger partial charge on any atom is 0.259 e. The molecule has 0 spiro atoms. The third-order valence-corrected chi connectivity index (χ3v) is 8.09. The van der Waals surface area contributed by atoms with Crippen LogP contribution in [-0.2, 0) is 23.1 Å². The lowest BCUT2D eigenvalue weighted by molar-refractivity contribution is -0.119. The van der Waals surface area contributed by atoms with E-state index in [1.54, 1.807) is 15.8 Å². The van der Waals surface area contributed by atoms with Crippen LogP contribution in [-0.4, -0.2) is 49.8 Å². The molecule has 5 heterocycles. The molecule has 2 aromatic carbocycles. The summed E-state index contributed by atoms with van der Waals surface area (Å²) in [5.41, 5.74) is 7.28. The number of amides is 2. The van der Waals surface area contributed by atoms with E-state index in [-0.39, 0.29) is 17.7 Å². The van der Waals surface area contributed by atoms with Crippen LogP contribution in [0.5, 0.6) is 0 Å². The first-order chi connectivity index (χ1) is 20.4. The van der Waals surface area contributed by atoms with E-state index in [1.807, 2.05) is 69.6 Å². The van der Waals surface area contributed by atoms with Crippen molar-refractivity contribution in [2.45, 2.75) is 26.8 Å². The molecular formula is C31H30N8O3. The highest BCUT2D eigenvalue weighted by Gasteiger charge is 2.33. The van der Waals surface area contributed by atoms with Gasteiger partial charge in [0, 0.05) is 65.6 Å². The number of aromatic amines is 1. The number of nitrogens with zero attached hydrogens (tertiary/aromatic N) is 5. The summed E-state index contributed by atoms with van der Waals surface area (Å²) in [6, 6.07) is 13.3. The van der Waals surface area contributed by atoms with E-state index in [2.05, 4.69) is 25.7 Å². The second-order valence-electron chi connectivity index (χ2n) is 10.8. The first kappa shape index (κ1) is 25.9. The molecule has 1 fully saturated rings. The maximum absolute atomic E-state index is 13.7. The van der Waals surface area contributed by atoms with E-state index in [9.17, 15) is 9.59 Å². The van der Waals surface area contributed by atoms with E-state index in [0.29, 0.717) is 49.2 Å². The van der Waals surface area contributed by atoms with Crippen molar-refractivity contribution in [3.8, 4) is 11.3 Å². The number of aryl methyl sites for hydroxylation is 3. The molecule has 7 rings (SSSR count). The van der Waals surface area contributed by atoms with E-state index in [0.717, 1.165) is 44.7 Å². The molecule has 3 aromatic heterocycles. The second kappa shape index (κ2) is 10.1. The van der Waals surface area contributed by atoms with Gasteiger partial charge in [0.2, 0.25) is 11.9 Å². The summed E-state index contributed by atoms with van der Waals surface area (Å²) in [4.78, 5) is 40.9. The lowest BCUT2D eigenvalue weighted by Gasteiger charge is -2.17. The fourth-order valence-electron chi connectivity index (χ4n) is 5.69. The van der Waals surface area contributed by atoms with Gasteiger partial charge in [-0.1, -0.05) is 18.2 Å². The number of fused-ring (bicyclic) bond motifs is 2. The second-order valence-corrected chi connectivity index (χ2v) is 10.8. The number of para-hydroxylation sites is 1. The highest BCUT2D eigenvalue weighted by atomic mass is 16.5. The number of rotatable bonds is 6. The van der Waals surface area contributed by atoms with Crippen LogP contribution in [0.3, 0.4) is 0 Å². The number of ether oxygens (including phenoxy) is 1. The zero-order valence-electron chi connectivity index (χ0n) is 23.6. The Morgan fingerprint density at radius 3 is 2.79 bits per heavy atom. The van der Waals surface area contributed by atoms with Crippen molar-refractivity contribution < 1.29 is 14.3 Å². The van der Waals surface area contributed by atoms with Crippen molar-refractivity contribution in [3.05, 3.63) is 77.2 Å². The number of carbonyl (C=O) groups is 2. The topological polar surface area (TPSA) is 130 Å². The molecule has 1 atom stereocenters. The largest absolute Gasteiger partial charge is 0.381 e. The highest BCUT2D eigenvalue weighted by Crippen LogP contribution is 2.39. The summed E-state index contributed by atoms with van der Waals surface area (Å²) in [7, 11) is 1.89. The molecule has 2 amide bonds. The van der Waals surface area contributed by atoms with Gasteiger partial charge in [-0.05, 0) is 44.0 Å². The monoisotopic (exact) mass is 562 g/mol. The molecule has 2 aliphatic heterocycles. The Hall–Kier alpha value is -5.03. The quantitative estimate of drug-likeness (QED) is 0.270. The SMILES string of the molecule is Cc1cnc(Nc2cc(C)n(C)n2)nc1-c1c[nH]c2c(N3Cc4c(NC(=O)C5CCOC5)cccc4C3=O)cccc12. The normalized spacial score (nSPS) is 16.3. The number of anilines is 4. The summed E-state index contributed by atoms with van der Waals surface area (Å²) in [5.74, 6) is 0.766. The number of carbonyl (C=O) groups excluding carboxylic acids is 2. The number of hydrogen-bond donors (Lipinski definition) is 3. The van der Waals surface area contributed by atoms with Crippen molar-refractivity contribution in [2.75, 3.05) is 28.7 Å². The molecule has 0 bridgehead atoms. The Morgan fingerprint density at radius 1 is 1.14 bits per heavy atom. The van der Waals surface area contributed by atoms with Crippen molar-refractivity contribution in [2.24, 2.45) is 13.0 Å². The Morgan fingerprint density at radius 2 is 2.00 bits per heavy atom. The molecule has 212 valence electrons. The van der Waals surface area contributed by atoms with Gasteiger partial charge in [0.1, 0.15) is 0 Å². The van der Waals surface area contributed by atoms with Gasteiger partial charge in [-0.3, -0.25) is 14.3 Å². The summed E-state index contributed by atoms with van der Waals surface area (Å²) in [5, 5.41) is 11.6. The zero-order valence-corrected chi connectivity index (χ0v) is 23.6. The fourth-order valence-corrected chi connectivity index (χ4v) is 5.69. The molecule has 1 unspecified atom stereocenters. The Balaban J connectivity index is 1.20. The van der Waals surface area contributed by atoms with Crippen LogP contribution in [0.4, 0.5) is 23.1 Å². The van der Waals surface area contributed by atoms with Crippen LogP contribution >= 0.6 is 0 Å². The maximum atomic E-state index is 13.7. The summed E-state index contributed by atoms with van der Waals surface area (Å²) in [6.07, 6.45) is 4.41. The van der Waals surface area contributed by atoms with Gasteiger partial charge in [-0.2, -0.15) is 5.10 Å². The van der Waals surface area contributed by atoms with Crippen LogP contribution in [0.25, 0.3) is 22.2 Å². The van der Waals surface area contributed by atoms with Crippen LogP contribution in [0, 0.1) is 19.8 Å². The Labute approximate surface area is 241 Å². The van der Waals surface area contributed by atoms with Crippen molar-refractivity contribution >= 4 is 45.9 Å². The molecule has 0 aliphatic carbocycles. The first-order valence-corrected chi connectivity index (χ1v) is 13.9. The number of hydrogen-bond acceptors (Lipinski definition) is 7. The van der Waals surface area contributed by atoms with Crippen molar-refractivity contribution in [1.29, 1.82) is 0 Å². The predicted octanol–water partition coefficient (Wildman–Crippen LogP) is 4.85. The van der Waals surface area contributed by atoms with Crippen LogP contribution in [0.1, 0.15) is 33.6 Å². The van der Waals surface area contributed by atoms with Gasteiger partial charge in [-0.25, -0.2) is 9.97 Å².